The molecule has 254 valence electrons. The standard InChI is InChI=1S/C38H51N3O6/c1-6-7-8-9-10-14-24-41(36(45)32(40-37(46)47-38(3,4)5)25-28-20-22-30(42)23-21-28)33(31-19-15-16-27(2)34(31)43)35(44)39-26-29-17-12-11-13-18-29/h11-13,15-23,32-33,42-43H,6-10,14,24-26H2,1-5H3,(H,39,44)(H,40,46). The minimum absolute atomic E-state index is 0.0664. The minimum atomic E-state index is -1.18. The number of nitrogens with one attached hydrogen (secondary N) is 2. The maximum Gasteiger partial charge on any atom is 0.408 e. The Hall–Kier alpha value is -4.53. The summed E-state index contributed by atoms with van der Waals surface area (Å²) in [5.74, 6) is -0.928. The number of nitrogens with zero attached hydrogens (tertiary/aromatic N) is 1. The van der Waals surface area contributed by atoms with Crippen LogP contribution in [0.15, 0.2) is 72.8 Å². The van der Waals surface area contributed by atoms with Gasteiger partial charge < -0.3 is 30.5 Å². The molecule has 0 radical (unpaired) electrons. The molecule has 0 aliphatic carbocycles. The number of hydrogen-bond donors (Lipinski definition) is 4. The van der Waals surface area contributed by atoms with E-state index in [1.807, 2.05) is 30.3 Å². The van der Waals surface area contributed by atoms with Crippen molar-refractivity contribution in [3.63, 3.8) is 0 Å². The highest BCUT2D eigenvalue weighted by molar-refractivity contribution is 5.92. The smallest absolute Gasteiger partial charge is 0.408 e. The van der Waals surface area contributed by atoms with E-state index in [0.29, 0.717) is 23.1 Å². The molecular weight excluding hydrogens is 594 g/mol. The number of phenolic OH excluding ortho intramolecular Hbond substituents is 2. The zero-order valence-corrected chi connectivity index (χ0v) is 28.4. The van der Waals surface area contributed by atoms with Crippen molar-refractivity contribution in [2.45, 2.75) is 104 Å². The Bertz CT molecular complexity index is 1440. The predicted molar refractivity (Wildman–Crippen MR) is 184 cm³/mol. The summed E-state index contributed by atoms with van der Waals surface area (Å²) >= 11 is 0. The lowest BCUT2D eigenvalue weighted by molar-refractivity contribution is -0.142. The second-order valence-corrected chi connectivity index (χ2v) is 13.0. The Balaban J connectivity index is 2.05. The van der Waals surface area contributed by atoms with Crippen LogP contribution in [0.2, 0.25) is 0 Å². The van der Waals surface area contributed by atoms with Gasteiger partial charge in [-0.2, -0.15) is 0 Å². The van der Waals surface area contributed by atoms with Crippen LogP contribution < -0.4 is 10.6 Å². The van der Waals surface area contributed by atoms with E-state index in [-0.39, 0.29) is 31.0 Å². The normalized spacial score (nSPS) is 12.5. The lowest BCUT2D eigenvalue weighted by atomic mass is 9.97. The average molecular weight is 646 g/mol. The Morgan fingerprint density at radius 3 is 2.15 bits per heavy atom. The molecule has 3 aromatic rings. The van der Waals surface area contributed by atoms with Gasteiger partial charge in [-0.05, 0) is 62.9 Å². The monoisotopic (exact) mass is 645 g/mol. The Morgan fingerprint density at radius 2 is 1.49 bits per heavy atom. The van der Waals surface area contributed by atoms with Crippen molar-refractivity contribution >= 4 is 17.9 Å². The molecule has 0 aliphatic rings. The summed E-state index contributed by atoms with van der Waals surface area (Å²) in [7, 11) is 0. The summed E-state index contributed by atoms with van der Waals surface area (Å²) in [4.78, 5) is 43.4. The van der Waals surface area contributed by atoms with Crippen LogP contribution in [0.5, 0.6) is 11.5 Å². The first-order valence-electron chi connectivity index (χ1n) is 16.6. The fourth-order valence-electron chi connectivity index (χ4n) is 5.38. The van der Waals surface area contributed by atoms with E-state index >= 15 is 0 Å². The van der Waals surface area contributed by atoms with Crippen molar-refractivity contribution in [2.75, 3.05) is 6.54 Å². The number of para-hydroxylation sites is 1. The number of amides is 3. The number of rotatable bonds is 16. The summed E-state index contributed by atoms with van der Waals surface area (Å²) in [5.41, 5.74) is 1.65. The van der Waals surface area contributed by atoms with E-state index in [4.69, 9.17) is 4.74 Å². The van der Waals surface area contributed by atoms with Crippen LogP contribution in [-0.2, 0) is 27.3 Å². The van der Waals surface area contributed by atoms with Crippen molar-refractivity contribution in [3.8, 4) is 11.5 Å². The molecule has 2 atom stereocenters. The maximum absolute atomic E-state index is 14.7. The third-order valence-corrected chi connectivity index (χ3v) is 7.83. The molecule has 3 aromatic carbocycles. The van der Waals surface area contributed by atoms with Crippen LogP contribution >= 0.6 is 0 Å². The Morgan fingerprint density at radius 1 is 0.830 bits per heavy atom. The molecule has 0 bridgehead atoms. The first-order valence-corrected chi connectivity index (χ1v) is 16.6. The zero-order valence-electron chi connectivity index (χ0n) is 28.4. The lowest BCUT2D eigenvalue weighted by Crippen LogP contribution is -2.54. The van der Waals surface area contributed by atoms with E-state index in [2.05, 4.69) is 17.6 Å². The van der Waals surface area contributed by atoms with Crippen molar-refractivity contribution in [1.29, 1.82) is 0 Å². The van der Waals surface area contributed by atoms with Crippen LogP contribution in [0, 0.1) is 6.92 Å². The van der Waals surface area contributed by atoms with Crippen LogP contribution in [0.3, 0.4) is 0 Å². The van der Waals surface area contributed by atoms with E-state index in [1.54, 1.807) is 58.0 Å². The third kappa shape index (κ3) is 12.0. The van der Waals surface area contributed by atoms with Crippen LogP contribution in [0.25, 0.3) is 0 Å². The number of unbranched alkanes of at least 4 members (excludes halogenated alkanes) is 5. The quantitative estimate of drug-likeness (QED) is 0.123. The van der Waals surface area contributed by atoms with Gasteiger partial charge in [-0.1, -0.05) is 99.7 Å². The lowest BCUT2D eigenvalue weighted by Gasteiger charge is -2.35. The summed E-state index contributed by atoms with van der Waals surface area (Å²) in [5, 5.41) is 26.8. The summed E-state index contributed by atoms with van der Waals surface area (Å²) in [6, 6.07) is 18.7. The second-order valence-electron chi connectivity index (χ2n) is 13.0. The number of ether oxygens (including phenoxy) is 1. The van der Waals surface area contributed by atoms with E-state index in [1.165, 1.54) is 17.0 Å². The minimum Gasteiger partial charge on any atom is -0.508 e. The first-order chi connectivity index (χ1) is 22.4. The predicted octanol–water partition coefficient (Wildman–Crippen LogP) is 7.09. The molecule has 0 saturated carbocycles. The van der Waals surface area contributed by atoms with Crippen LogP contribution in [0.1, 0.15) is 94.5 Å². The van der Waals surface area contributed by atoms with E-state index in [9.17, 15) is 24.6 Å². The van der Waals surface area contributed by atoms with Gasteiger partial charge in [0.15, 0.2) is 0 Å². The first kappa shape index (κ1) is 36.9. The molecule has 0 aliphatic heterocycles. The van der Waals surface area contributed by atoms with Gasteiger partial charge in [-0.25, -0.2) is 4.79 Å². The molecule has 0 aromatic heterocycles. The molecule has 9 nitrogen and oxygen atoms in total. The van der Waals surface area contributed by atoms with Gasteiger partial charge in [0.2, 0.25) is 11.8 Å². The number of aromatic hydroxyl groups is 2. The molecule has 3 rings (SSSR count). The molecular formula is C38H51N3O6. The van der Waals surface area contributed by atoms with Crippen LogP contribution in [0.4, 0.5) is 4.79 Å². The number of alkyl carbamates (subject to hydrolysis) is 1. The molecule has 0 saturated heterocycles. The van der Waals surface area contributed by atoms with E-state index in [0.717, 1.165) is 37.7 Å². The number of hydrogen-bond acceptors (Lipinski definition) is 6. The van der Waals surface area contributed by atoms with Gasteiger partial charge in [-0.3, -0.25) is 9.59 Å². The molecule has 0 spiro atoms. The van der Waals surface area contributed by atoms with Crippen LogP contribution in [-0.4, -0.2) is 51.2 Å². The largest absolute Gasteiger partial charge is 0.508 e. The summed E-state index contributed by atoms with van der Waals surface area (Å²) < 4.78 is 5.53. The fraction of sp³-hybridized carbons (Fsp3) is 0.447. The molecule has 3 amide bonds. The zero-order chi connectivity index (χ0) is 34.4. The third-order valence-electron chi connectivity index (χ3n) is 7.83. The summed E-state index contributed by atoms with van der Waals surface area (Å²) in [6.07, 6.45) is 5.10. The number of benzene rings is 3. The molecule has 47 heavy (non-hydrogen) atoms. The number of phenols is 2. The van der Waals surface area contributed by atoms with E-state index < -0.39 is 35.6 Å². The highest BCUT2D eigenvalue weighted by Crippen LogP contribution is 2.33. The van der Waals surface area contributed by atoms with Crippen molar-refractivity contribution in [3.05, 3.63) is 95.1 Å². The maximum atomic E-state index is 14.7. The Kier molecular flexibility index (Phi) is 14.1. The Labute approximate surface area is 279 Å². The number of carbonyl (C=O) groups is 3. The highest BCUT2D eigenvalue weighted by Gasteiger charge is 2.37. The molecule has 0 heterocycles. The SMILES string of the molecule is CCCCCCCCN(C(=O)C(Cc1ccc(O)cc1)NC(=O)OC(C)(C)C)C(C(=O)NCc1ccccc1)c1cccc(C)c1O. The number of carbonyl (C=O) groups excluding carboxylic acids is 3. The van der Waals surface area contributed by atoms with Crippen molar-refractivity contribution < 1.29 is 29.3 Å². The topological polar surface area (TPSA) is 128 Å². The van der Waals surface area contributed by atoms with Gasteiger partial charge >= 0.3 is 6.09 Å². The molecule has 0 fully saturated rings. The van der Waals surface area contributed by atoms with Gasteiger partial charge in [0.05, 0.1) is 0 Å². The summed E-state index contributed by atoms with van der Waals surface area (Å²) in [6.45, 7) is 9.57. The number of aryl methyl sites for hydroxylation is 1. The van der Waals surface area contributed by atoms with Gasteiger partial charge in [-0.15, -0.1) is 0 Å². The molecule has 9 heteroatoms. The average Bonchev–Trinajstić information content (AvgIpc) is 3.02. The molecule has 4 N–H and O–H groups in total. The fourth-order valence-corrected chi connectivity index (χ4v) is 5.38. The van der Waals surface area contributed by atoms with Crippen molar-refractivity contribution in [1.82, 2.24) is 15.5 Å². The molecule has 2 unspecified atom stereocenters. The van der Waals surface area contributed by atoms with Gasteiger partial charge in [0.1, 0.15) is 29.2 Å². The second kappa shape index (κ2) is 18.0. The van der Waals surface area contributed by atoms with Gasteiger partial charge in [0.25, 0.3) is 0 Å². The van der Waals surface area contributed by atoms with Crippen molar-refractivity contribution in [2.24, 2.45) is 0 Å². The van der Waals surface area contributed by atoms with Gasteiger partial charge in [0, 0.05) is 25.1 Å². The highest BCUT2D eigenvalue weighted by atomic mass is 16.6.